The number of hydrogen-bond acceptors (Lipinski definition) is 1. The fourth-order valence-electron chi connectivity index (χ4n) is 1.24. The Morgan fingerprint density at radius 1 is 1.38 bits per heavy atom. The van der Waals surface area contributed by atoms with E-state index in [2.05, 4.69) is 0 Å². The summed E-state index contributed by atoms with van der Waals surface area (Å²) in [7, 11) is 0. The number of carbonyl (C=O) groups is 1. The Hall–Kier alpha value is -0.0105. The summed E-state index contributed by atoms with van der Waals surface area (Å²) >= 11 is 5.23. The van der Waals surface area contributed by atoms with Crippen molar-refractivity contribution >= 4 is 5.97 Å². The molecule has 0 unspecified atom stereocenters. The first-order valence-corrected chi connectivity index (χ1v) is 5.52. The van der Waals surface area contributed by atoms with Crippen LogP contribution in [0.1, 0.15) is 51.9 Å². The maximum atomic E-state index is 9.60. The predicted molar refractivity (Wildman–Crippen MR) is 49.4 cm³/mol. The van der Waals surface area contributed by atoms with E-state index < -0.39 is 5.97 Å². The minimum absolute atomic E-state index is 0.292. The molecule has 1 rings (SSSR count). The van der Waals surface area contributed by atoms with Crippen molar-refractivity contribution in [2.24, 2.45) is 0 Å². The number of rotatable bonds is 2. The third-order valence-electron chi connectivity index (χ3n) is 1.95. The molecule has 1 N–H and O–H groups in total. The molecule has 1 fully saturated rings. The molecule has 0 heterocycles. The molecule has 0 aliphatic heterocycles. The van der Waals surface area contributed by atoms with Crippen LogP contribution in [0.4, 0.5) is 0 Å². The van der Waals surface area contributed by atoms with Crippen molar-refractivity contribution in [1.29, 1.82) is 0 Å². The van der Waals surface area contributed by atoms with E-state index >= 15 is 0 Å². The molecule has 0 amide bonds. The molecule has 1 saturated carbocycles. The van der Waals surface area contributed by atoms with Crippen LogP contribution in [0.2, 0.25) is 4.82 Å². The van der Waals surface area contributed by atoms with Gasteiger partial charge in [0.25, 0.3) is 0 Å². The van der Waals surface area contributed by atoms with E-state index in [-0.39, 0.29) is 0 Å². The second kappa shape index (κ2) is 8.58. The number of aliphatic carboxylic acids is 1. The summed E-state index contributed by atoms with van der Waals surface area (Å²) in [5, 5.41) is 7.91. The molecule has 3 heteroatoms. The zero-order valence-electron chi connectivity index (χ0n) is 8.18. The molecule has 82 valence electrons. The molecule has 0 aromatic rings. The van der Waals surface area contributed by atoms with E-state index in [0.29, 0.717) is 11.2 Å². The summed E-state index contributed by atoms with van der Waals surface area (Å²) in [4.78, 5) is 10.2. The first-order valence-electron chi connectivity index (χ1n) is 4.98. The Bertz CT molecular complexity index is 131. The van der Waals surface area contributed by atoms with Crippen LogP contribution < -0.4 is 0 Å². The molecular formula is C10H19CuO2. The van der Waals surface area contributed by atoms with Crippen LogP contribution in [0.25, 0.3) is 0 Å². The standard InChI is InChI=1S/C6H11.C4H8O2.Cu/c1-2-4-6-5-3-1;1-2-3-4(5)6;/h1H,2-6H2;2-3H2,1H3,(H,5,6);. The van der Waals surface area contributed by atoms with Gasteiger partial charge in [-0.2, -0.15) is 0 Å². The van der Waals surface area contributed by atoms with Gasteiger partial charge in [-0.1, -0.05) is 6.92 Å². The molecule has 0 saturated heterocycles. The van der Waals surface area contributed by atoms with Crippen LogP contribution in [0.15, 0.2) is 0 Å². The van der Waals surface area contributed by atoms with Crippen LogP contribution in [-0.2, 0) is 20.8 Å². The summed E-state index contributed by atoms with van der Waals surface area (Å²) in [6.07, 6.45) is 7.78. The zero-order chi connectivity index (χ0) is 10.1. The van der Waals surface area contributed by atoms with Crippen LogP contribution >= 0.6 is 0 Å². The van der Waals surface area contributed by atoms with Crippen molar-refractivity contribution in [3.8, 4) is 0 Å². The van der Waals surface area contributed by atoms with Gasteiger partial charge in [0.2, 0.25) is 0 Å². The van der Waals surface area contributed by atoms with E-state index in [1.54, 1.807) is 0 Å². The average molecular weight is 235 g/mol. The third kappa shape index (κ3) is 9.91. The number of hydrogen-bond donors (Lipinski definition) is 1. The summed E-state index contributed by atoms with van der Waals surface area (Å²) < 4.78 is 0. The normalized spacial score (nSPS) is 17.5. The van der Waals surface area contributed by atoms with Crippen molar-refractivity contribution in [1.82, 2.24) is 0 Å². The topological polar surface area (TPSA) is 37.3 Å². The van der Waals surface area contributed by atoms with Crippen LogP contribution in [0.5, 0.6) is 0 Å². The Balaban J connectivity index is 0.000000226. The summed E-state index contributed by atoms with van der Waals surface area (Å²) in [5.41, 5.74) is 0. The van der Waals surface area contributed by atoms with Gasteiger partial charge in [0.15, 0.2) is 0 Å². The Kier molecular flexibility index (Phi) is 8.57. The third-order valence-corrected chi connectivity index (χ3v) is 2.50. The van der Waals surface area contributed by atoms with Crippen molar-refractivity contribution in [2.45, 2.75) is 56.7 Å². The molecule has 0 radical (unpaired) electrons. The van der Waals surface area contributed by atoms with E-state index in [1.807, 2.05) is 6.92 Å². The van der Waals surface area contributed by atoms with Crippen LogP contribution in [0.3, 0.4) is 0 Å². The van der Waals surface area contributed by atoms with E-state index in [1.165, 1.54) is 32.1 Å². The van der Waals surface area contributed by atoms with E-state index in [4.69, 9.17) is 21.1 Å². The first kappa shape index (κ1) is 13.0. The van der Waals surface area contributed by atoms with Gasteiger partial charge in [0.1, 0.15) is 0 Å². The SMILES string of the molecule is CCCC(=O)O.[Cu][CH]1CCCCC1. The minimum atomic E-state index is -0.711. The van der Waals surface area contributed by atoms with Crippen molar-refractivity contribution < 1.29 is 25.9 Å². The first-order chi connectivity index (χ1) is 6.16. The second-order valence-corrected chi connectivity index (χ2v) is 4.09. The molecule has 0 aromatic carbocycles. The fraction of sp³-hybridized carbons (Fsp3) is 0.900. The van der Waals surface area contributed by atoms with Crippen molar-refractivity contribution in [3.05, 3.63) is 0 Å². The average Bonchev–Trinajstić information content (AvgIpc) is 2.06. The van der Waals surface area contributed by atoms with Gasteiger partial charge in [0.05, 0.1) is 0 Å². The summed E-state index contributed by atoms with van der Waals surface area (Å²) in [6.45, 7) is 1.84. The van der Waals surface area contributed by atoms with Crippen LogP contribution in [0, 0.1) is 0 Å². The fourth-order valence-corrected chi connectivity index (χ4v) is 1.62. The van der Waals surface area contributed by atoms with Crippen molar-refractivity contribution in [3.63, 3.8) is 0 Å². The van der Waals surface area contributed by atoms with E-state index in [0.717, 1.165) is 6.42 Å². The molecule has 13 heavy (non-hydrogen) atoms. The van der Waals surface area contributed by atoms with Gasteiger partial charge >= 0.3 is 58.9 Å². The van der Waals surface area contributed by atoms with E-state index in [9.17, 15) is 4.79 Å². The quantitative estimate of drug-likeness (QED) is 0.746. The Morgan fingerprint density at radius 3 is 2.08 bits per heavy atom. The molecule has 0 bridgehead atoms. The Morgan fingerprint density at radius 2 is 1.92 bits per heavy atom. The number of carboxylic acids is 1. The number of carboxylic acid groups (broad SMARTS) is 1. The zero-order valence-corrected chi connectivity index (χ0v) is 9.13. The molecule has 2 nitrogen and oxygen atoms in total. The summed E-state index contributed by atoms with van der Waals surface area (Å²) in [5.74, 6) is -0.711. The Labute approximate surface area is 88.9 Å². The second-order valence-electron chi connectivity index (χ2n) is 3.32. The molecular weight excluding hydrogens is 216 g/mol. The maximum absolute atomic E-state index is 9.60. The van der Waals surface area contributed by atoms with Crippen LogP contribution in [-0.4, -0.2) is 11.1 Å². The van der Waals surface area contributed by atoms with Gasteiger partial charge in [-0.05, 0) is 6.42 Å². The van der Waals surface area contributed by atoms with Gasteiger partial charge < -0.3 is 5.11 Å². The van der Waals surface area contributed by atoms with Gasteiger partial charge in [-0.3, -0.25) is 4.79 Å². The van der Waals surface area contributed by atoms with Gasteiger partial charge in [-0.15, -0.1) is 0 Å². The molecule has 1 aliphatic carbocycles. The molecule has 0 aromatic heterocycles. The molecule has 1 aliphatic rings. The van der Waals surface area contributed by atoms with Gasteiger partial charge in [0, 0.05) is 6.42 Å². The molecule has 0 atom stereocenters. The monoisotopic (exact) mass is 234 g/mol. The van der Waals surface area contributed by atoms with Crippen molar-refractivity contribution in [2.75, 3.05) is 0 Å². The predicted octanol–water partition coefficient (Wildman–Crippen LogP) is 3.16. The molecule has 0 spiro atoms. The van der Waals surface area contributed by atoms with Gasteiger partial charge in [-0.25, -0.2) is 0 Å². The summed E-state index contributed by atoms with van der Waals surface area (Å²) in [6, 6.07) is 0.